The van der Waals surface area contributed by atoms with E-state index >= 15 is 0 Å². The molecular weight excluding hydrogens is 350 g/mol. The van der Waals surface area contributed by atoms with E-state index in [1.807, 2.05) is 0 Å². The van der Waals surface area contributed by atoms with Crippen LogP contribution >= 0.6 is 11.6 Å². The van der Waals surface area contributed by atoms with Gasteiger partial charge in [0, 0.05) is 12.2 Å². The Morgan fingerprint density at radius 3 is 2.92 bits per heavy atom. The van der Waals surface area contributed by atoms with Crippen molar-refractivity contribution in [3.05, 3.63) is 28.8 Å². The predicted molar refractivity (Wildman–Crippen MR) is 91.3 cm³/mol. The predicted octanol–water partition coefficient (Wildman–Crippen LogP) is 1.64. The molecule has 130 valence electrons. The zero-order valence-corrected chi connectivity index (χ0v) is 13.7. The highest BCUT2D eigenvalue weighted by Gasteiger charge is 2.14. The van der Waals surface area contributed by atoms with Gasteiger partial charge >= 0.3 is 5.97 Å². The van der Waals surface area contributed by atoms with E-state index in [-0.39, 0.29) is 23.1 Å². The first-order valence-corrected chi connectivity index (χ1v) is 7.62. The summed E-state index contributed by atoms with van der Waals surface area (Å²) in [7, 11) is 0. The normalized spacial score (nSPS) is 12.1. The molecule has 0 bridgehead atoms. The topological polar surface area (TPSA) is 149 Å². The second kappa shape index (κ2) is 6.87. The number of aromatic carboxylic acids is 1. The summed E-state index contributed by atoms with van der Waals surface area (Å²) in [5.74, 6) is -0.554. The highest BCUT2D eigenvalue weighted by Crippen LogP contribution is 2.26. The number of rotatable bonds is 6. The molecular formula is C14H14ClN7O3. The Kier molecular flexibility index (Phi) is 4.63. The van der Waals surface area contributed by atoms with Gasteiger partial charge in [-0.2, -0.15) is 9.97 Å². The number of benzene rings is 1. The quantitative estimate of drug-likeness (QED) is 0.440. The van der Waals surface area contributed by atoms with Gasteiger partial charge in [0.05, 0.1) is 16.7 Å². The van der Waals surface area contributed by atoms with Gasteiger partial charge < -0.3 is 20.8 Å². The Labute approximate surface area is 146 Å². The molecule has 2 aromatic heterocycles. The standard InChI is InChI=1S/C14H14ClN7O3/c1-6(23)5-16-14-18-11(10-12(19-14)21-22-20-10)17-7-2-3-9(15)8(4-7)13(24)25/h2-4,6,23H,5H2,1H3,(H,24,25)(H3,16,17,18,19,20,21,22). The Morgan fingerprint density at radius 1 is 1.40 bits per heavy atom. The minimum atomic E-state index is -1.14. The number of aromatic amines is 1. The fourth-order valence-corrected chi connectivity index (χ4v) is 2.26. The van der Waals surface area contributed by atoms with Gasteiger partial charge in [0.2, 0.25) is 5.95 Å². The van der Waals surface area contributed by atoms with E-state index in [2.05, 4.69) is 36.0 Å². The number of halogens is 1. The summed E-state index contributed by atoms with van der Waals surface area (Å²) in [6.07, 6.45) is -0.579. The third-order valence-corrected chi connectivity index (χ3v) is 3.53. The SMILES string of the molecule is CC(O)CNc1nc(Nc2ccc(Cl)c(C(=O)O)c2)c2nn[nH]c2n1. The molecule has 10 nitrogen and oxygen atoms in total. The van der Waals surface area contributed by atoms with Gasteiger partial charge in [-0.1, -0.05) is 16.8 Å². The van der Waals surface area contributed by atoms with Gasteiger partial charge in [-0.15, -0.1) is 5.10 Å². The second-order valence-corrected chi connectivity index (χ2v) is 5.67. The molecule has 5 N–H and O–H groups in total. The fourth-order valence-electron chi connectivity index (χ4n) is 2.06. The lowest BCUT2D eigenvalue weighted by Gasteiger charge is -2.11. The molecule has 0 aliphatic heterocycles. The molecule has 25 heavy (non-hydrogen) atoms. The van der Waals surface area contributed by atoms with Crippen molar-refractivity contribution in [3.8, 4) is 0 Å². The van der Waals surface area contributed by atoms with Gasteiger partial charge in [0.15, 0.2) is 17.0 Å². The number of anilines is 3. The molecule has 1 aromatic carbocycles. The van der Waals surface area contributed by atoms with Crippen LogP contribution < -0.4 is 10.6 Å². The Bertz CT molecular complexity index is 928. The lowest BCUT2D eigenvalue weighted by Crippen LogP contribution is -2.17. The number of fused-ring (bicyclic) bond motifs is 1. The molecule has 0 fully saturated rings. The van der Waals surface area contributed by atoms with Crippen LogP contribution in [0.25, 0.3) is 11.2 Å². The number of hydrogen-bond donors (Lipinski definition) is 5. The molecule has 0 saturated heterocycles. The van der Waals surface area contributed by atoms with E-state index in [0.717, 1.165) is 0 Å². The summed E-state index contributed by atoms with van der Waals surface area (Å²) in [6, 6.07) is 4.48. The third-order valence-electron chi connectivity index (χ3n) is 3.21. The Morgan fingerprint density at radius 2 is 2.20 bits per heavy atom. The number of aromatic nitrogens is 5. The van der Waals surface area contributed by atoms with Crippen molar-refractivity contribution in [2.45, 2.75) is 13.0 Å². The van der Waals surface area contributed by atoms with Crippen molar-refractivity contribution >= 4 is 46.2 Å². The lowest BCUT2D eigenvalue weighted by molar-refractivity contribution is 0.0697. The number of aliphatic hydroxyl groups excluding tert-OH is 1. The van der Waals surface area contributed by atoms with Crippen molar-refractivity contribution < 1.29 is 15.0 Å². The first-order valence-electron chi connectivity index (χ1n) is 7.24. The van der Waals surface area contributed by atoms with Gasteiger partial charge in [-0.25, -0.2) is 9.89 Å². The average Bonchev–Trinajstić information content (AvgIpc) is 3.03. The summed E-state index contributed by atoms with van der Waals surface area (Å²) in [6.45, 7) is 1.89. The van der Waals surface area contributed by atoms with Crippen LogP contribution in [0.2, 0.25) is 5.02 Å². The smallest absolute Gasteiger partial charge is 0.337 e. The number of H-pyrrole nitrogens is 1. The van der Waals surface area contributed by atoms with Crippen LogP contribution in [0.1, 0.15) is 17.3 Å². The zero-order chi connectivity index (χ0) is 18.0. The van der Waals surface area contributed by atoms with Gasteiger partial charge in [-0.3, -0.25) is 0 Å². The van der Waals surface area contributed by atoms with E-state index in [1.165, 1.54) is 12.1 Å². The number of aliphatic hydroxyl groups is 1. The zero-order valence-electron chi connectivity index (χ0n) is 13.0. The minimum Gasteiger partial charge on any atom is -0.478 e. The molecule has 3 aromatic rings. The molecule has 0 aliphatic carbocycles. The number of hydrogen-bond acceptors (Lipinski definition) is 8. The van der Waals surface area contributed by atoms with E-state index in [1.54, 1.807) is 13.0 Å². The van der Waals surface area contributed by atoms with Crippen LogP contribution in [-0.2, 0) is 0 Å². The molecule has 1 atom stereocenters. The first-order chi connectivity index (χ1) is 11.9. The monoisotopic (exact) mass is 363 g/mol. The molecule has 2 heterocycles. The highest BCUT2D eigenvalue weighted by molar-refractivity contribution is 6.33. The van der Waals surface area contributed by atoms with Crippen LogP contribution in [0.3, 0.4) is 0 Å². The summed E-state index contributed by atoms with van der Waals surface area (Å²) >= 11 is 5.87. The molecule has 11 heteroatoms. The fraction of sp³-hybridized carbons (Fsp3) is 0.214. The van der Waals surface area contributed by atoms with Crippen LogP contribution in [0.4, 0.5) is 17.5 Å². The highest BCUT2D eigenvalue weighted by atomic mass is 35.5. The first kappa shape index (κ1) is 16.9. The van der Waals surface area contributed by atoms with Gasteiger partial charge in [0.1, 0.15) is 0 Å². The van der Waals surface area contributed by atoms with Crippen LogP contribution in [0, 0.1) is 0 Å². The van der Waals surface area contributed by atoms with E-state index in [0.29, 0.717) is 22.7 Å². The van der Waals surface area contributed by atoms with Gasteiger partial charge in [-0.05, 0) is 25.1 Å². The molecule has 0 spiro atoms. The Balaban J connectivity index is 1.96. The van der Waals surface area contributed by atoms with Crippen molar-refractivity contribution in [1.29, 1.82) is 0 Å². The largest absolute Gasteiger partial charge is 0.478 e. The van der Waals surface area contributed by atoms with E-state index in [4.69, 9.17) is 16.7 Å². The summed E-state index contributed by atoms with van der Waals surface area (Å²) in [4.78, 5) is 19.7. The maximum absolute atomic E-state index is 11.2. The molecule has 3 rings (SSSR count). The number of carboxylic acid groups (broad SMARTS) is 1. The third kappa shape index (κ3) is 3.75. The van der Waals surface area contributed by atoms with E-state index in [9.17, 15) is 9.90 Å². The molecule has 1 unspecified atom stereocenters. The Hall–Kier alpha value is -2.98. The van der Waals surface area contributed by atoms with E-state index < -0.39 is 12.1 Å². The van der Waals surface area contributed by atoms with Gasteiger partial charge in [0.25, 0.3) is 0 Å². The van der Waals surface area contributed by atoms with Crippen molar-refractivity contribution in [3.63, 3.8) is 0 Å². The minimum absolute atomic E-state index is 0.0374. The average molecular weight is 364 g/mol. The molecule has 0 aliphatic rings. The maximum Gasteiger partial charge on any atom is 0.337 e. The summed E-state index contributed by atoms with van der Waals surface area (Å²) in [5, 5.41) is 34.8. The number of carboxylic acids is 1. The lowest BCUT2D eigenvalue weighted by atomic mass is 10.2. The number of nitrogens with zero attached hydrogens (tertiary/aromatic N) is 4. The summed E-state index contributed by atoms with van der Waals surface area (Å²) in [5.41, 5.74) is 1.20. The van der Waals surface area contributed by atoms with Crippen molar-refractivity contribution in [2.75, 3.05) is 17.2 Å². The van der Waals surface area contributed by atoms with Crippen molar-refractivity contribution in [1.82, 2.24) is 25.4 Å². The second-order valence-electron chi connectivity index (χ2n) is 5.26. The molecule has 0 saturated carbocycles. The number of nitrogens with one attached hydrogen (secondary N) is 3. The van der Waals surface area contributed by atoms with Crippen LogP contribution in [0.15, 0.2) is 18.2 Å². The molecule has 0 amide bonds. The van der Waals surface area contributed by atoms with Crippen molar-refractivity contribution in [2.24, 2.45) is 0 Å². The maximum atomic E-state index is 11.2. The summed E-state index contributed by atoms with van der Waals surface area (Å²) < 4.78 is 0. The molecule has 0 radical (unpaired) electrons. The van der Waals surface area contributed by atoms with Crippen LogP contribution in [0.5, 0.6) is 0 Å². The van der Waals surface area contributed by atoms with Crippen LogP contribution in [-0.4, -0.2) is 54.2 Å². The number of carbonyl (C=O) groups is 1.